The fraction of sp³-hybridized carbons (Fsp3) is 0.111. The van der Waals surface area contributed by atoms with E-state index in [1.165, 1.54) is 11.5 Å². The Morgan fingerprint density at radius 2 is 1.76 bits per heavy atom. The van der Waals surface area contributed by atoms with Gasteiger partial charge in [0, 0.05) is 6.04 Å². The maximum Gasteiger partial charge on any atom is 0.141 e. The SMILES string of the molecule is NC(Cc1ccc(F)c(Cl)c1)c1cccc2ccccc12. The molecule has 0 spiro atoms. The van der Waals surface area contributed by atoms with E-state index >= 15 is 0 Å². The first kappa shape index (κ1) is 14.1. The molecule has 0 aromatic heterocycles. The fourth-order valence-corrected chi connectivity index (χ4v) is 2.81. The minimum absolute atomic E-state index is 0.137. The summed E-state index contributed by atoms with van der Waals surface area (Å²) in [6, 6.07) is 18.9. The molecule has 0 fully saturated rings. The lowest BCUT2D eigenvalue weighted by atomic mass is 9.95. The van der Waals surface area contributed by atoms with Crippen LogP contribution in [0.1, 0.15) is 17.2 Å². The Morgan fingerprint density at radius 3 is 2.57 bits per heavy atom. The molecule has 0 saturated carbocycles. The smallest absolute Gasteiger partial charge is 0.141 e. The first-order chi connectivity index (χ1) is 10.1. The van der Waals surface area contributed by atoms with E-state index in [0.717, 1.165) is 16.5 Å². The van der Waals surface area contributed by atoms with Gasteiger partial charge in [0.25, 0.3) is 0 Å². The van der Waals surface area contributed by atoms with Crippen molar-refractivity contribution in [2.24, 2.45) is 5.73 Å². The highest BCUT2D eigenvalue weighted by Gasteiger charge is 2.11. The van der Waals surface area contributed by atoms with Crippen LogP contribution in [0.2, 0.25) is 5.02 Å². The standard InChI is InChI=1S/C18H15ClFN/c19-16-10-12(8-9-17(16)20)11-18(21)15-7-3-5-13-4-1-2-6-14(13)15/h1-10,18H,11,21H2. The quantitative estimate of drug-likeness (QED) is 0.733. The zero-order valence-electron chi connectivity index (χ0n) is 11.4. The molecule has 3 aromatic rings. The fourth-order valence-electron chi connectivity index (χ4n) is 2.60. The molecule has 3 heteroatoms. The van der Waals surface area contributed by atoms with Crippen molar-refractivity contribution in [2.75, 3.05) is 0 Å². The number of hydrogen-bond donors (Lipinski definition) is 1. The summed E-state index contributed by atoms with van der Waals surface area (Å²) in [7, 11) is 0. The Kier molecular flexibility index (Phi) is 3.91. The maximum absolute atomic E-state index is 13.2. The lowest BCUT2D eigenvalue weighted by molar-refractivity contribution is 0.626. The van der Waals surface area contributed by atoms with Crippen molar-refractivity contribution >= 4 is 22.4 Å². The van der Waals surface area contributed by atoms with Gasteiger partial charge in [0.2, 0.25) is 0 Å². The third kappa shape index (κ3) is 2.92. The van der Waals surface area contributed by atoms with E-state index in [0.29, 0.717) is 6.42 Å². The largest absolute Gasteiger partial charge is 0.324 e. The van der Waals surface area contributed by atoms with Crippen molar-refractivity contribution in [2.45, 2.75) is 12.5 Å². The molecule has 1 unspecified atom stereocenters. The molecule has 2 N–H and O–H groups in total. The van der Waals surface area contributed by atoms with Crippen LogP contribution >= 0.6 is 11.6 Å². The van der Waals surface area contributed by atoms with Crippen molar-refractivity contribution in [1.82, 2.24) is 0 Å². The molecular weight excluding hydrogens is 285 g/mol. The van der Waals surface area contributed by atoms with Gasteiger partial charge in [-0.2, -0.15) is 0 Å². The van der Waals surface area contributed by atoms with Gasteiger partial charge in [-0.25, -0.2) is 4.39 Å². The highest BCUT2D eigenvalue weighted by atomic mass is 35.5. The number of nitrogens with two attached hydrogens (primary N) is 1. The van der Waals surface area contributed by atoms with Crippen molar-refractivity contribution in [1.29, 1.82) is 0 Å². The van der Waals surface area contributed by atoms with Gasteiger partial charge in [-0.05, 0) is 40.5 Å². The van der Waals surface area contributed by atoms with Crippen LogP contribution in [0.25, 0.3) is 10.8 Å². The van der Waals surface area contributed by atoms with Crippen molar-refractivity contribution in [3.8, 4) is 0 Å². The predicted molar refractivity (Wildman–Crippen MR) is 86.0 cm³/mol. The summed E-state index contributed by atoms with van der Waals surface area (Å²) >= 11 is 5.82. The second kappa shape index (κ2) is 5.84. The van der Waals surface area contributed by atoms with Crippen molar-refractivity contribution in [3.05, 3.63) is 82.6 Å². The molecule has 0 aliphatic heterocycles. The molecule has 106 valence electrons. The molecule has 0 saturated heterocycles. The van der Waals surface area contributed by atoms with Crippen LogP contribution in [0.15, 0.2) is 60.7 Å². The van der Waals surface area contributed by atoms with Gasteiger partial charge in [0.1, 0.15) is 5.82 Å². The number of benzene rings is 3. The van der Waals surface area contributed by atoms with Gasteiger partial charge in [-0.15, -0.1) is 0 Å². The molecule has 0 heterocycles. The second-order valence-corrected chi connectivity index (χ2v) is 5.53. The molecule has 0 radical (unpaired) electrons. The van der Waals surface area contributed by atoms with Crippen LogP contribution in [0, 0.1) is 5.82 Å². The number of rotatable bonds is 3. The topological polar surface area (TPSA) is 26.0 Å². The predicted octanol–water partition coefficient (Wildman–Crippen LogP) is 4.87. The van der Waals surface area contributed by atoms with E-state index in [2.05, 4.69) is 18.2 Å². The molecular formula is C18H15ClFN. The zero-order valence-corrected chi connectivity index (χ0v) is 12.1. The summed E-state index contributed by atoms with van der Waals surface area (Å²) in [5.41, 5.74) is 8.37. The first-order valence-electron chi connectivity index (χ1n) is 6.82. The molecule has 0 bridgehead atoms. The van der Waals surface area contributed by atoms with Crippen LogP contribution in [0.3, 0.4) is 0 Å². The van der Waals surface area contributed by atoms with E-state index < -0.39 is 5.82 Å². The Labute approximate surface area is 128 Å². The molecule has 21 heavy (non-hydrogen) atoms. The third-order valence-corrected chi connectivity index (χ3v) is 3.95. The summed E-state index contributed by atoms with van der Waals surface area (Å²) in [6.07, 6.45) is 0.619. The summed E-state index contributed by atoms with van der Waals surface area (Å²) in [5, 5.41) is 2.46. The maximum atomic E-state index is 13.2. The van der Waals surface area contributed by atoms with Gasteiger partial charge < -0.3 is 5.73 Å². The van der Waals surface area contributed by atoms with Crippen LogP contribution in [0.5, 0.6) is 0 Å². The molecule has 0 amide bonds. The Balaban J connectivity index is 1.93. The van der Waals surface area contributed by atoms with Gasteiger partial charge >= 0.3 is 0 Å². The molecule has 3 aromatic carbocycles. The first-order valence-corrected chi connectivity index (χ1v) is 7.20. The highest BCUT2D eigenvalue weighted by Crippen LogP contribution is 2.26. The van der Waals surface area contributed by atoms with E-state index in [1.54, 1.807) is 12.1 Å². The average Bonchev–Trinajstić information content (AvgIpc) is 2.50. The monoisotopic (exact) mass is 299 g/mol. The lowest BCUT2D eigenvalue weighted by Gasteiger charge is -2.15. The number of fused-ring (bicyclic) bond motifs is 1. The minimum atomic E-state index is -0.404. The summed E-state index contributed by atoms with van der Waals surface area (Å²) in [5.74, 6) is -0.404. The van der Waals surface area contributed by atoms with Crippen LogP contribution < -0.4 is 5.73 Å². The average molecular weight is 300 g/mol. The zero-order chi connectivity index (χ0) is 14.8. The highest BCUT2D eigenvalue weighted by molar-refractivity contribution is 6.30. The van der Waals surface area contributed by atoms with E-state index in [-0.39, 0.29) is 11.1 Å². The normalized spacial score (nSPS) is 12.5. The second-order valence-electron chi connectivity index (χ2n) is 5.13. The van der Waals surface area contributed by atoms with Crippen LogP contribution in [-0.2, 0) is 6.42 Å². The molecule has 1 atom stereocenters. The third-order valence-electron chi connectivity index (χ3n) is 3.66. The molecule has 0 aliphatic rings. The van der Waals surface area contributed by atoms with Crippen molar-refractivity contribution in [3.63, 3.8) is 0 Å². The molecule has 0 aliphatic carbocycles. The van der Waals surface area contributed by atoms with E-state index in [4.69, 9.17) is 17.3 Å². The van der Waals surface area contributed by atoms with E-state index in [1.807, 2.05) is 24.3 Å². The Morgan fingerprint density at radius 1 is 1.00 bits per heavy atom. The molecule has 1 nitrogen and oxygen atoms in total. The number of halogens is 2. The van der Waals surface area contributed by atoms with Gasteiger partial charge in [0.05, 0.1) is 5.02 Å². The molecule has 3 rings (SSSR count). The summed E-state index contributed by atoms with van der Waals surface area (Å²) in [6.45, 7) is 0. The lowest BCUT2D eigenvalue weighted by Crippen LogP contribution is -2.13. The van der Waals surface area contributed by atoms with Crippen molar-refractivity contribution < 1.29 is 4.39 Å². The van der Waals surface area contributed by atoms with Gasteiger partial charge in [-0.3, -0.25) is 0 Å². The van der Waals surface area contributed by atoms with Crippen LogP contribution in [0.4, 0.5) is 4.39 Å². The van der Waals surface area contributed by atoms with Gasteiger partial charge in [0.15, 0.2) is 0 Å². The van der Waals surface area contributed by atoms with Gasteiger partial charge in [-0.1, -0.05) is 60.1 Å². The Bertz CT molecular complexity index is 780. The minimum Gasteiger partial charge on any atom is -0.324 e. The number of hydrogen-bond acceptors (Lipinski definition) is 1. The van der Waals surface area contributed by atoms with Crippen LogP contribution in [-0.4, -0.2) is 0 Å². The summed E-state index contributed by atoms with van der Waals surface area (Å²) in [4.78, 5) is 0. The summed E-state index contributed by atoms with van der Waals surface area (Å²) < 4.78 is 13.2. The Hall–Kier alpha value is -1.90. The van der Waals surface area contributed by atoms with E-state index in [9.17, 15) is 4.39 Å².